The number of amides is 1. The van der Waals surface area contributed by atoms with Crippen LogP contribution in [0.1, 0.15) is 18.4 Å². The Morgan fingerprint density at radius 3 is 2.90 bits per heavy atom. The summed E-state index contributed by atoms with van der Waals surface area (Å²) in [5.41, 5.74) is 3.11. The Balaban J connectivity index is 2.00. The number of methoxy groups -OCH3 is 1. The molecule has 1 aromatic carbocycles. The van der Waals surface area contributed by atoms with Crippen molar-refractivity contribution in [3.05, 3.63) is 28.8 Å². The minimum absolute atomic E-state index is 0.0233. The van der Waals surface area contributed by atoms with Gasteiger partial charge in [-0.3, -0.25) is 4.79 Å². The predicted molar refractivity (Wildman–Crippen MR) is 72.6 cm³/mol. The first kappa shape index (κ1) is 14.3. The van der Waals surface area contributed by atoms with Gasteiger partial charge in [0.05, 0.1) is 7.11 Å². The van der Waals surface area contributed by atoms with E-state index in [1.807, 2.05) is 0 Å². The molecule has 1 N–H and O–H groups in total. The molecule has 0 atom stereocenters. The molecule has 0 unspecified atom stereocenters. The fourth-order valence-corrected chi connectivity index (χ4v) is 1.90. The van der Waals surface area contributed by atoms with Gasteiger partial charge >= 0.3 is 5.97 Å². The molecule has 1 aliphatic rings. The van der Waals surface area contributed by atoms with Crippen molar-refractivity contribution in [3.63, 3.8) is 0 Å². The molecule has 20 heavy (non-hydrogen) atoms. The number of hydrogen-bond donors (Lipinski definition) is 1. The largest absolute Gasteiger partial charge is 0.496 e. The number of ether oxygens (including phenoxy) is 2. The van der Waals surface area contributed by atoms with Gasteiger partial charge in [-0.25, -0.2) is 10.2 Å². The molecule has 0 saturated heterocycles. The van der Waals surface area contributed by atoms with Crippen molar-refractivity contribution in [3.8, 4) is 5.75 Å². The highest BCUT2D eigenvalue weighted by atomic mass is 35.5. The van der Waals surface area contributed by atoms with Gasteiger partial charge in [0.15, 0.2) is 0 Å². The first-order valence-electron chi connectivity index (χ1n) is 5.95. The van der Waals surface area contributed by atoms with Crippen molar-refractivity contribution in [2.45, 2.75) is 19.4 Å². The molecule has 1 amide bonds. The number of halogens is 1. The SMILES string of the molecule is COc1ccc(Cl)cc1COC(=O)C1=NNC(=O)CC1. The van der Waals surface area contributed by atoms with Gasteiger partial charge in [0.25, 0.3) is 0 Å². The average molecular weight is 297 g/mol. The smallest absolute Gasteiger partial charge is 0.354 e. The van der Waals surface area contributed by atoms with Crippen LogP contribution in [0.2, 0.25) is 5.02 Å². The maximum atomic E-state index is 11.8. The molecule has 2 rings (SSSR count). The summed E-state index contributed by atoms with van der Waals surface area (Å²) in [7, 11) is 1.52. The van der Waals surface area contributed by atoms with E-state index in [9.17, 15) is 9.59 Å². The number of esters is 1. The van der Waals surface area contributed by atoms with E-state index in [1.165, 1.54) is 7.11 Å². The molecule has 0 radical (unpaired) electrons. The Hall–Kier alpha value is -2.08. The number of carbonyl (C=O) groups is 2. The van der Waals surface area contributed by atoms with E-state index in [2.05, 4.69) is 10.5 Å². The Morgan fingerprint density at radius 1 is 1.45 bits per heavy atom. The highest BCUT2D eigenvalue weighted by Gasteiger charge is 2.20. The van der Waals surface area contributed by atoms with Crippen LogP contribution in [0.15, 0.2) is 23.3 Å². The number of benzene rings is 1. The Bertz CT molecular complexity index is 571. The van der Waals surface area contributed by atoms with E-state index in [4.69, 9.17) is 21.1 Å². The van der Waals surface area contributed by atoms with E-state index >= 15 is 0 Å². The van der Waals surface area contributed by atoms with E-state index in [0.29, 0.717) is 16.3 Å². The lowest BCUT2D eigenvalue weighted by Crippen LogP contribution is -2.30. The van der Waals surface area contributed by atoms with Crippen molar-refractivity contribution in [1.82, 2.24) is 5.43 Å². The molecule has 0 fully saturated rings. The topological polar surface area (TPSA) is 77.0 Å². The van der Waals surface area contributed by atoms with E-state index in [0.717, 1.165) is 0 Å². The third-order valence-electron chi connectivity index (χ3n) is 2.74. The van der Waals surface area contributed by atoms with Gasteiger partial charge < -0.3 is 9.47 Å². The Morgan fingerprint density at radius 2 is 2.25 bits per heavy atom. The summed E-state index contributed by atoms with van der Waals surface area (Å²) in [4.78, 5) is 22.7. The monoisotopic (exact) mass is 296 g/mol. The van der Waals surface area contributed by atoms with Gasteiger partial charge in [-0.1, -0.05) is 11.6 Å². The second-order valence-electron chi connectivity index (χ2n) is 4.13. The fourth-order valence-electron chi connectivity index (χ4n) is 1.71. The summed E-state index contributed by atoms with van der Waals surface area (Å²) in [6.45, 7) is 0.0233. The van der Waals surface area contributed by atoms with Crippen molar-refractivity contribution in [2.24, 2.45) is 5.10 Å². The lowest BCUT2D eigenvalue weighted by molar-refractivity contribution is -0.137. The number of hydrazone groups is 1. The van der Waals surface area contributed by atoms with Gasteiger partial charge in [0, 0.05) is 23.4 Å². The molecular weight excluding hydrogens is 284 g/mol. The summed E-state index contributed by atoms with van der Waals surface area (Å²) in [5, 5.41) is 4.20. The van der Waals surface area contributed by atoms with Crippen molar-refractivity contribution in [2.75, 3.05) is 7.11 Å². The van der Waals surface area contributed by atoms with Crippen LogP contribution in [0.4, 0.5) is 0 Å². The van der Waals surface area contributed by atoms with Crippen LogP contribution in [0, 0.1) is 0 Å². The summed E-state index contributed by atoms with van der Waals surface area (Å²) < 4.78 is 10.3. The summed E-state index contributed by atoms with van der Waals surface area (Å²) in [6.07, 6.45) is 0.506. The van der Waals surface area contributed by atoms with Crippen molar-refractivity contribution < 1.29 is 19.1 Å². The molecule has 0 aromatic heterocycles. The third-order valence-corrected chi connectivity index (χ3v) is 2.98. The second-order valence-corrected chi connectivity index (χ2v) is 4.56. The van der Waals surface area contributed by atoms with Crippen LogP contribution in [0.3, 0.4) is 0 Å². The molecule has 6 nitrogen and oxygen atoms in total. The standard InChI is InChI=1S/C13H13ClN2O4/c1-19-11-4-2-9(14)6-8(11)7-20-13(18)10-3-5-12(17)16-15-10/h2,4,6H,3,5,7H2,1H3,(H,16,17). The highest BCUT2D eigenvalue weighted by Crippen LogP contribution is 2.23. The zero-order chi connectivity index (χ0) is 14.5. The quantitative estimate of drug-likeness (QED) is 0.857. The molecule has 0 aliphatic carbocycles. The van der Waals surface area contributed by atoms with Crippen LogP contribution in [0.5, 0.6) is 5.75 Å². The summed E-state index contributed by atoms with van der Waals surface area (Å²) in [6, 6.07) is 5.05. The molecule has 1 aromatic rings. The van der Waals surface area contributed by atoms with Crippen LogP contribution in [0.25, 0.3) is 0 Å². The Labute approximate surface area is 120 Å². The number of carbonyl (C=O) groups excluding carboxylic acids is 2. The molecular formula is C13H13ClN2O4. The summed E-state index contributed by atoms with van der Waals surface area (Å²) in [5.74, 6) is -0.189. The maximum Gasteiger partial charge on any atom is 0.354 e. The zero-order valence-corrected chi connectivity index (χ0v) is 11.6. The second kappa shape index (κ2) is 6.38. The van der Waals surface area contributed by atoms with Gasteiger partial charge in [-0.05, 0) is 18.2 Å². The zero-order valence-electron chi connectivity index (χ0n) is 10.8. The van der Waals surface area contributed by atoms with Gasteiger partial charge in [0.1, 0.15) is 18.1 Å². The number of hydrogen-bond acceptors (Lipinski definition) is 5. The minimum Gasteiger partial charge on any atom is -0.496 e. The fraction of sp³-hybridized carbons (Fsp3) is 0.308. The first-order valence-corrected chi connectivity index (χ1v) is 6.33. The van der Waals surface area contributed by atoms with Gasteiger partial charge in [-0.15, -0.1) is 0 Å². The van der Waals surface area contributed by atoms with Crippen molar-refractivity contribution >= 4 is 29.2 Å². The van der Waals surface area contributed by atoms with E-state index < -0.39 is 5.97 Å². The number of rotatable bonds is 4. The van der Waals surface area contributed by atoms with Crippen LogP contribution in [-0.4, -0.2) is 24.7 Å². The van der Waals surface area contributed by atoms with Crippen molar-refractivity contribution in [1.29, 1.82) is 0 Å². The molecule has 7 heteroatoms. The Kier molecular flexibility index (Phi) is 4.57. The molecule has 0 bridgehead atoms. The predicted octanol–water partition coefficient (Wildman–Crippen LogP) is 1.66. The lowest BCUT2D eigenvalue weighted by atomic mass is 10.2. The van der Waals surface area contributed by atoms with Crippen LogP contribution >= 0.6 is 11.6 Å². The van der Waals surface area contributed by atoms with Gasteiger partial charge in [0.2, 0.25) is 5.91 Å². The number of nitrogens with one attached hydrogen (secondary N) is 1. The maximum absolute atomic E-state index is 11.8. The van der Waals surface area contributed by atoms with Crippen LogP contribution < -0.4 is 10.2 Å². The first-order chi connectivity index (χ1) is 9.60. The highest BCUT2D eigenvalue weighted by molar-refractivity contribution is 6.37. The van der Waals surface area contributed by atoms with Crippen LogP contribution in [-0.2, 0) is 20.9 Å². The minimum atomic E-state index is -0.563. The van der Waals surface area contributed by atoms with Gasteiger partial charge in [-0.2, -0.15) is 5.10 Å². The molecule has 1 aliphatic heterocycles. The van der Waals surface area contributed by atoms with E-state index in [-0.39, 0.29) is 31.1 Å². The third kappa shape index (κ3) is 3.48. The van der Waals surface area contributed by atoms with E-state index in [1.54, 1.807) is 18.2 Å². The molecule has 0 saturated carbocycles. The average Bonchev–Trinajstić information content (AvgIpc) is 2.45. The molecule has 106 valence electrons. The summed E-state index contributed by atoms with van der Waals surface area (Å²) >= 11 is 5.89. The number of nitrogens with zero attached hydrogens (tertiary/aromatic N) is 1. The normalized spacial score (nSPS) is 14.3. The molecule has 0 spiro atoms. The lowest BCUT2D eigenvalue weighted by Gasteiger charge is -2.12. The molecule has 1 heterocycles.